The van der Waals surface area contributed by atoms with Crippen molar-refractivity contribution in [3.8, 4) is 0 Å². The van der Waals surface area contributed by atoms with E-state index in [0.717, 1.165) is 34.8 Å². The van der Waals surface area contributed by atoms with Gasteiger partial charge in [-0.1, -0.05) is 38.4 Å². The third-order valence-electron chi connectivity index (χ3n) is 3.21. The largest absolute Gasteiger partial charge is 0.325 e. The molecule has 0 fully saturated rings. The molecule has 2 rings (SSSR count). The van der Waals surface area contributed by atoms with Crippen LogP contribution >= 0.6 is 11.6 Å². The minimum atomic E-state index is -0.0555. The molecule has 0 aliphatic carbocycles. The number of benzene rings is 1. The molecule has 0 bridgehead atoms. The number of hydrogen-bond acceptors (Lipinski definition) is 2. The van der Waals surface area contributed by atoms with Crippen molar-refractivity contribution in [3.63, 3.8) is 0 Å². The van der Waals surface area contributed by atoms with Crippen LogP contribution in [0.4, 0.5) is 0 Å². The second-order valence-electron chi connectivity index (χ2n) is 5.00. The molecule has 1 atom stereocenters. The molecule has 1 unspecified atom stereocenters. The van der Waals surface area contributed by atoms with Gasteiger partial charge in [-0.3, -0.25) is 0 Å². The molecule has 0 radical (unpaired) electrons. The van der Waals surface area contributed by atoms with Crippen LogP contribution in [0.2, 0.25) is 5.02 Å². The molecule has 0 saturated heterocycles. The third-order valence-corrected chi connectivity index (χ3v) is 3.52. The number of rotatable bonds is 4. The quantitative estimate of drug-likeness (QED) is 0.915. The molecule has 2 N–H and O–H groups in total. The molecule has 1 heterocycles. The van der Waals surface area contributed by atoms with Crippen molar-refractivity contribution >= 4 is 22.6 Å². The zero-order valence-electron chi connectivity index (χ0n) is 11.2. The van der Waals surface area contributed by atoms with E-state index in [1.807, 2.05) is 18.2 Å². The van der Waals surface area contributed by atoms with Crippen molar-refractivity contribution < 1.29 is 0 Å². The summed E-state index contributed by atoms with van der Waals surface area (Å²) in [5.74, 6) is 1.30. The maximum absolute atomic E-state index is 6.29. The number of nitrogens with two attached hydrogens (primary N) is 1. The molecule has 18 heavy (non-hydrogen) atoms. The van der Waals surface area contributed by atoms with Crippen molar-refractivity contribution in [2.75, 3.05) is 0 Å². The summed E-state index contributed by atoms with van der Waals surface area (Å²) in [5.41, 5.74) is 8.20. The molecule has 3 nitrogen and oxygen atoms in total. The lowest BCUT2D eigenvalue weighted by molar-refractivity contribution is 0.467. The van der Waals surface area contributed by atoms with Gasteiger partial charge in [-0.05, 0) is 24.5 Å². The Labute approximate surface area is 113 Å². The van der Waals surface area contributed by atoms with Gasteiger partial charge >= 0.3 is 0 Å². The standard InChI is InChI=1S/C14H20ClN3/c1-4-8-18-13-10(15)6-5-7-11(13)17-14(18)12(16)9(2)3/h5-7,9,12H,4,8,16H2,1-3H3. The average Bonchev–Trinajstić information content (AvgIpc) is 2.69. The van der Waals surface area contributed by atoms with E-state index in [-0.39, 0.29) is 6.04 Å². The number of hydrogen-bond donors (Lipinski definition) is 1. The fourth-order valence-electron chi connectivity index (χ4n) is 2.16. The van der Waals surface area contributed by atoms with Crippen LogP contribution < -0.4 is 5.73 Å². The fraction of sp³-hybridized carbons (Fsp3) is 0.500. The summed E-state index contributed by atoms with van der Waals surface area (Å²) in [5, 5.41) is 0.746. The monoisotopic (exact) mass is 265 g/mol. The second kappa shape index (κ2) is 5.29. The highest BCUT2D eigenvalue weighted by molar-refractivity contribution is 6.35. The van der Waals surface area contributed by atoms with Crippen molar-refractivity contribution in [1.82, 2.24) is 9.55 Å². The summed E-state index contributed by atoms with van der Waals surface area (Å²) in [6.07, 6.45) is 1.04. The number of aryl methyl sites for hydroxylation is 1. The van der Waals surface area contributed by atoms with Gasteiger partial charge in [0, 0.05) is 6.54 Å². The van der Waals surface area contributed by atoms with Crippen LogP contribution in [0.15, 0.2) is 18.2 Å². The van der Waals surface area contributed by atoms with Crippen LogP contribution in [0.1, 0.15) is 39.1 Å². The van der Waals surface area contributed by atoms with Crippen molar-refractivity contribution in [1.29, 1.82) is 0 Å². The molecule has 4 heteroatoms. The molecular weight excluding hydrogens is 246 g/mol. The number of aromatic nitrogens is 2. The molecule has 0 saturated carbocycles. The molecule has 1 aromatic heterocycles. The van der Waals surface area contributed by atoms with Crippen LogP contribution in [0.5, 0.6) is 0 Å². The van der Waals surface area contributed by atoms with Crippen molar-refractivity contribution in [2.24, 2.45) is 11.7 Å². The van der Waals surface area contributed by atoms with E-state index < -0.39 is 0 Å². The second-order valence-corrected chi connectivity index (χ2v) is 5.41. The van der Waals surface area contributed by atoms with Crippen LogP contribution in [-0.2, 0) is 6.54 Å². The summed E-state index contributed by atoms with van der Waals surface area (Å²) in [6, 6.07) is 5.77. The zero-order chi connectivity index (χ0) is 13.3. The maximum atomic E-state index is 6.29. The number of para-hydroxylation sites is 1. The lowest BCUT2D eigenvalue weighted by atomic mass is 10.1. The Balaban J connectivity index is 2.65. The first-order valence-electron chi connectivity index (χ1n) is 6.46. The van der Waals surface area contributed by atoms with Crippen LogP contribution in [0, 0.1) is 5.92 Å². The highest BCUT2D eigenvalue weighted by Gasteiger charge is 2.20. The third kappa shape index (κ3) is 2.25. The topological polar surface area (TPSA) is 43.8 Å². The van der Waals surface area contributed by atoms with E-state index in [1.165, 1.54) is 0 Å². The molecule has 0 spiro atoms. The van der Waals surface area contributed by atoms with Gasteiger partial charge in [-0.2, -0.15) is 0 Å². The Morgan fingerprint density at radius 2 is 2.11 bits per heavy atom. The van der Waals surface area contributed by atoms with E-state index in [9.17, 15) is 0 Å². The first-order valence-corrected chi connectivity index (χ1v) is 6.84. The van der Waals surface area contributed by atoms with Gasteiger partial charge in [-0.15, -0.1) is 0 Å². The zero-order valence-corrected chi connectivity index (χ0v) is 11.9. The summed E-state index contributed by atoms with van der Waals surface area (Å²) < 4.78 is 2.17. The van der Waals surface area contributed by atoms with E-state index in [4.69, 9.17) is 17.3 Å². The summed E-state index contributed by atoms with van der Waals surface area (Å²) in [6.45, 7) is 7.27. The van der Waals surface area contributed by atoms with Gasteiger partial charge in [0.25, 0.3) is 0 Å². The Hall–Kier alpha value is -1.06. The van der Waals surface area contributed by atoms with E-state index in [1.54, 1.807) is 0 Å². The molecule has 0 aliphatic heterocycles. The Morgan fingerprint density at radius 3 is 2.72 bits per heavy atom. The van der Waals surface area contributed by atoms with E-state index in [2.05, 4.69) is 30.3 Å². The highest BCUT2D eigenvalue weighted by atomic mass is 35.5. The average molecular weight is 266 g/mol. The van der Waals surface area contributed by atoms with Gasteiger partial charge < -0.3 is 10.3 Å². The number of fused-ring (bicyclic) bond motifs is 1. The summed E-state index contributed by atoms with van der Waals surface area (Å²) >= 11 is 6.29. The van der Waals surface area contributed by atoms with E-state index in [0.29, 0.717) is 5.92 Å². The molecule has 2 aromatic rings. The first kappa shape index (κ1) is 13.4. The van der Waals surface area contributed by atoms with Gasteiger partial charge in [0.1, 0.15) is 5.82 Å². The normalized spacial score (nSPS) is 13.4. The fourth-order valence-corrected chi connectivity index (χ4v) is 2.43. The number of imidazole rings is 1. The predicted molar refractivity (Wildman–Crippen MR) is 76.8 cm³/mol. The molecule has 1 aromatic carbocycles. The maximum Gasteiger partial charge on any atom is 0.127 e. The summed E-state index contributed by atoms with van der Waals surface area (Å²) in [7, 11) is 0. The Morgan fingerprint density at radius 1 is 1.39 bits per heavy atom. The van der Waals surface area contributed by atoms with E-state index >= 15 is 0 Å². The molecular formula is C14H20ClN3. The predicted octanol–water partition coefficient (Wildman–Crippen LogP) is 3.76. The molecule has 0 amide bonds. The van der Waals surface area contributed by atoms with Crippen molar-refractivity contribution in [3.05, 3.63) is 29.0 Å². The van der Waals surface area contributed by atoms with Gasteiger partial charge in [0.05, 0.1) is 22.1 Å². The SMILES string of the molecule is CCCn1c(C(N)C(C)C)nc2cccc(Cl)c21. The molecule has 98 valence electrons. The minimum absolute atomic E-state index is 0.0555. The molecule has 0 aliphatic rings. The van der Waals surface area contributed by atoms with Gasteiger partial charge in [-0.25, -0.2) is 4.98 Å². The lowest BCUT2D eigenvalue weighted by Crippen LogP contribution is -2.21. The van der Waals surface area contributed by atoms with Crippen LogP contribution in [-0.4, -0.2) is 9.55 Å². The smallest absolute Gasteiger partial charge is 0.127 e. The minimum Gasteiger partial charge on any atom is -0.325 e. The summed E-state index contributed by atoms with van der Waals surface area (Å²) in [4.78, 5) is 4.67. The van der Waals surface area contributed by atoms with Crippen LogP contribution in [0.3, 0.4) is 0 Å². The number of nitrogens with zero attached hydrogens (tertiary/aromatic N) is 2. The Bertz CT molecular complexity index is 545. The van der Waals surface area contributed by atoms with Gasteiger partial charge in [0.15, 0.2) is 0 Å². The highest BCUT2D eigenvalue weighted by Crippen LogP contribution is 2.28. The van der Waals surface area contributed by atoms with Crippen LogP contribution in [0.25, 0.3) is 11.0 Å². The Kier molecular flexibility index (Phi) is 3.93. The van der Waals surface area contributed by atoms with Gasteiger partial charge in [0.2, 0.25) is 0 Å². The van der Waals surface area contributed by atoms with Crippen molar-refractivity contribution in [2.45, 2.75) is 39.8 Å². The number of halogens is 1. The first-order chi connectivity index (χ1) is 8.56. The lowest BCUT2D eigenvalue weighted by Gasteiger charge is -2.17.